The lowest BCUT2D eigenvalue weighted by Gasteiger charge is -2.43. The molecule has 1 aliphatic heterocycles. The van der Waals surface area contributed by atoms with Gasteiger partial charge in [0.15, 0.2) is 0 Å². The highest BCUT2D eigenvalue weighted by molar-refractivity contribution is 5.48. The number of rotatable bonds is 3. The summed E-state index contributed by atoms with van der Waals surface area (Å²) in [4.78, 5) is 10.8. The first-order valence-electron chi connectivity index (χ1n) is 7.07. The Labute approximate surface area is 123 Å². The van der Waals surface area contributed by atoms with Gasteiger partial charge in [-0.2, -0.15) is 14.6 Å². The van der Waals surface area contributed by atoms with Gasteiger partial charge < -0.3 is 14.4 Å². The second-order valence-corrected chi connectivity index (χ2v) is 6.06. The fraction of sp³-hybridized carbons (Fsp3) is 0.643. The van der Waals surface area contributed by atoms with Crippen molar-refractivity contribution < 1.29 is 9.47 Å². The van der Waals surface area contributed by atoms with Crippen LogP contribution in [0.1, 0.15) is 19.5 Å². The summed E-state index contributed by atoms with van der Waals surface area (Å²) in [5, 5.41) is 4.28. The number of hydrogen-bond acceptors (Lipinski definition) is 6. The molecule has 0 N–H and O–H groups in total. The van der Waals surface area contributed by atoms with Crippen LogP contribution in [0.4, 0.5) is 5.82 Å². The van der Waals surface area contributed by atoms with Crippen LogP contribution < -0.4 is 4.90 Å². The van der Waals surface area contributed by atoms with E-state index in [1.54, 1.807) is 11.6 Å². The molecule has 1 aliphatic rings. The van der Waals surface area contributed by atoms with E-state index in [1.165, 1.54) is 6.33 Å². The number of aryl methyl sites for hydroxylation is 1. The summed E-state index contributed by atoms with van der Waals surface area (Å²) in [7, 11) is 1.70. The third-order valence-corrected chi connectivity index (χ3v) is 3.52. The maximum absolute atomic E-state index is 6.06. The van der Waals surface area contributed by atoms with Gasteiger partial charge in [0, 0.05) is 32.0 Å². The monoisotopic (exact) mass is 291 g/mol. The number of ether oxygens (including phenoxy) is 2. The van der Waals surface area contributed by atoms with Crippen LogP contribution in [0, 0.1) is 6.92 Å². The van der Waals surface area contributed by atoms with Crippen LogP contribution in [0.3, 0.4) is 0 Å². The molecule has 7 nitrogen and oxygen atoms in total. The van der Waals surface area contributed by atoms with Gasteiger partial charge in [-0.3, -0.25) is 0 Å². The molecule has 1 fully saturated rings. The van der Waals surface area contributed by atoms with Crippen molar-refractivity contribution >= 4 is 11.6 Å². The number of nitrogens with zero attached hydrogens (tertiary/aromatic N) is 5. The minimum atomic E-state index is -0.245. The third kappa shape index (κ3) is 2.84. The van der Waals surface area contributed by atoms with Crippen LogP contribution >= 0.6 is 0 Å². The average Bonchev–Trinajstić information content (AvgIpc) is 2.84. The molecule has 0 aliphatic carbocycles. The quantitative estimate of drug-likeness (QED) is 0.842. The molecule has 0 radical (unpaired) electrons. The summed E-state index contributed by atoms with van der Waals surface area (Å²) in [5.74, 6) is 1.62. The Hall–Kier alpha value is -1.73. The van der Waals surface area contributed by atoms with Crippen LogP contribution in [0.25, 0.3) is 5.78 Å². The molecule has 0 spiro atoms. The molecule has 0 bridgehead atoms. The first-order chi connectivity index (χ1) is 9.98. The Morgan fingerprint density at radius 2 is 2.29 bits per heavy atom. The lowest BCUT2D eigenvalue weighted by Crippen LogP contribution is -2.54. The van der Waals surface area contributed by atoms with Crippen molar-refractivity contribution in [2.45, 2.75) is 32.5 Å². The molecule has 3 heterocycles. The fourth-order valence-corrected chi connectivity index (χ4v) is 2.88. The summed E-state index contributed by atoms with van der Waals surface area (Å²) >= 11 is 0. The summed E-state index contributed by atoms with van der Waals surface area (Å²) in [6, 6.07) is 2.03. The molecule has 3 rings (SSSR count). The van der Waals surface area contributed by atoms with E-state index in [4.69, 9.17) is 9.47 Å². The molecule has 0 aromatic carbocycles. The van der Waals surface area contributed by atoms with Crippen molar-refractivity contribution in [2.24, 2.45) is 0 Å². The van der Waals surface area contributed by atoms with E-state index >= 15 is 0 Å². The van der Waals surface area contributed by atoms with Gasteiger partial charge in [0.05, 0.1) is 18.3 Å². The number of aromatic nitrogens is 4. The highest BCUT2D eigenvalue weighted by Gasteiger charge is 2.34. The van der Waals surface area contributed by atoms with Crippen LogP contribution in [-0.4, -0.2) is 58.1 Å². The Morgan fingerprint density at radius 1 is 1.48 bits per heavy atom. The van der Waals surface area contributed by atoms with E-state index in [9.17, 15) is 0 Å². The Morgan fingerprint density at radius 3 is 3.05 bits per heavy atom. The molecule has 114 valence electrons. The largest absolute Gasteiger partial charge is 0.382 e. The van der Waals surface area contributed by atoms with E-state index in [-0.39, 0.29) is 11.7 Å². The lowest BCUT2D eigenvalue weighted by atomic mass is 10.1. The minimum Gasteiger partial charge on any atom is -0.382 e. The number of hydrogen-bond donors (Lipinski definition) is 0. The van der Waals surface area contributed by atoms with Gasteiger partial charge in [0.25, 0.3) is 5.78 Å². The SMILES string of the molecule is COC[C@@H]1CN(c2cc(C)nc3ncnn23)CC(C)(C)O1. The molecular weight excluding hydrogens is 270 g/mol. The maximum Gasteiger partial charge on any atom is 0.254 e. The van der Waals surface area contributed by atoms with Crippen molar-refractivity contribution in [3.63, 3.8) is 0 Å². The molecule has 2 aromatic rings. The van der Waals surface area contributed by atoms with E-state index in [1.807, 2.05) is 13.0 Å². The van der Waals surface area contributed by atoms with Gasteiger partial charge in [0.2, 0.25) is 0 Å². The highest BCUT2D eigenvalue weighted by atomic mass is 16.5. The standard InChI is InChI=1S/C14H21N5O2/c1-10-5-12(19-13(17-10)15-9-16-19)18-6-11(7-20-4)21-14(2,3)8-18/h5,9,11H,6-8H2,1-4H3/t11-/m0/s1. The van der Waals surface area contributed by atoms with Gasteiger partial charge in [-0.15, -0.1) is 0 Å². The molecule has 1 saturated heterocycles. The van der Waals surface area contributed by atoms with E-state index in [2.05, 4.69) is 33.8 Å². The predicted octanol–water partition coefficient (Wildman–Crippen LogP) is 1.06. The van der Waals surface area contributed by atoms with Gasteiger partial charge in [-0.05, 0) is 20.8 Å². The fourth-order valence-electron chi connectivity index (χ4n) is 2.88. The highest BCUT2D eigenvalue weighted by Crippen LogP contribution is 2.26. The number of morpholine rings is 1. The van der Waals surface area contributed by atoms with E-state index in [0.717, 1.165) is 24.6 Å². The van der Waals surface area contributed by atoms with Gasteiger partial charge >= 0.3 is 0 Å². The molecular formula is C14H21N5O2. The van der Waals surface area contributed by atoms with Crippen LogP contribution in [-0.2, 0) is 9.47 Å². The molecule has 21 heavy (non-hydrogen) atoms. The van der Waals surface area contributed by atoms with Crippen LogP contribution in [0.5, 0.6) is 0 Å². The zero-order chi connectivity index (χ0) is 15.0. The van der Waals surface area contributed by atoms with Gasteiger partial charge in [0.1, 0.15) is 12.1 Å². The van der Waals surface area contributed by atoms with Crippen molar-refractivity contribution in [1.82, 2.24) is 19.6 Å². The molecule has 2 aromatic heterocycles. The predicted molar refractivity (Wildman–Crippen MR) is 78.6 cm³/mol. The van der Waals surface area contributed by atoms with Crippen LogP contribution in [0.2, 0.25) is 0 Å². The number of fused-ring (bicyclic) bond motifs is 1. The third-order valence-electron chi connectivity index (χ3n) is 3.52. The molecule has 1 atom stereocenters. The molecule has 0 amide bonds. The second-order valence-electron chi connectivity index (χ2n) is 6.06. The second kappa shape index (κ2) is 5.23. The van der Waals surface area contributed by atoms with Gasteiger partial charge in [-0.25, -0.2) is 4.98 Å². The van der Waals surface area contributed by atoms with E-state index < -0.39 is 0 Å². The first-order valence-corrected chi connectivity index (χ1v) is 7.07. The minimum absolute atomic E-state index is 0.0331. The summed E-state index contributed by atoms with van der Waals surface area (Å²) in [5.41, 5.74) is 0.684. The first kappa shape index (κ1) is 14.2. The van der Waals surface area contributed by atoms with Crippen molar-refractivity contribution in [3.05, 3.63) is 18.1 Å². The van der Waals surface area contributed by atoms with Crippen molar-refractivity contribution in [1.29, 1.82) is 0 Å². The summed E-state index contributed by atoms with van der Waals surface area (Å²) in [6.07, 6.45) is 1.56. The topological polar surface area (TPSA) is 64.8 Å². The van der Waals surface area contributed by atoms with E-state index in [0.29, 0.717) is 12.4 Å². The zero-order valence-electron chi connectivity index (χ0n) is 12.9. The summed E-state index contributed by atoms with van der Waals surface area (Å²) in [6.45, 7) is 8.27. The lowest BCUT2D eigenvalue weighted by molar-refractivity contribution is -0.106. The Balaban J connectivity index is 1.98. The Bertz CT molecular complexity index is 639. The zero-order valence-corrected chi connectivity index (χ0v) is 12.9. The Kier molecular flexibility index (Phi) is 3.54. The molecule has 7 heteroatoms. The van der Waals surface area contributed by atoms with Crippen molar-refractivity contribution in [3.8, 4) is 0 Å². The molecule has 0 saturated carbocycles. The maximum atomic E-state index is 6.06. The number of methoxy groups -OCH3 is 1. The summed E-state index contributed by atoms with van der Waals surface area (Å²) < 4.78 is 13.1. The van der Waals surface area contributed by atoms with Crippen LogP contribution in [0.15, 0.2) is 12.4 Å². The molecule has 0 unspecified atom stereocenters. The number of anilines is 1. The van der Waals surface area contributed by atoms with Gasteiger partial charge in [-0.1, -0.05) is 0 Å². The van der Waals surface area contributed by atoms with Crippen molar-refractivity contribution in [2.75, 3.05) is 31.7 Å². The normalized spacial score (nSPS) is 21.9. The average molecular weight is 291 g/mol. The smallest absolute Gasteiger partial charge is 0.254 e.